The molecule has 4 rings (SSSR count). The van der Waals surface area contributed by atoms with Crippen molar-refractivity contribution >= 4 is 22.6 Å². The molecule has 2 saturated heterocycles. The summed E-state index contributed by atoms with van der Waals surface area (Å²) < 4.78 is 0. The van der Waals surface area contributed by atoms with E-state index in [2.05, 4.69) is 45.1 Å². The minimum absolute atomic E-state index is 0.0478. The van der Waals surface area contributed by atoms with E-state index in [1.54, 1.807) is 18.5 Å². The average Bonchev–Trinajstić information content (AvgIpc) is 2.72. The predicted octanol–water partition coefficient (Wildman–Crippen LogP) is 2.17. The number of piperidine rings is 2. The molecule has 1 aromatic heterocycles. The molecule has 3 heterocycles. The van der Waals surface area contributed by atoms with E-state index in [1.165, 1.54) is 0 Å². The van der Waals surface area contributed by atoms with Crippen molar-refractivity contribution in [3.63, 3.8) is 0 Å². The minimum atomic E-state index is -0.0478. The molecule has 7 heteroatoms. The summed E-state index contributed by atoms with van der Waals surface area (Å²) in [6.45, 7) is 5.75. The highest BCUT2D eigenvalue weighted by Crippen LogP contribution is 2.32. The monoisotopic (exact) mass is 392 g/mol. The maximum Gasteiger partial charge on any atom is 0.225 e. The van der Waals surface area contributed by atoms with E-state index < -0.39 is 0 Å². The van der Waals surface area contributed by atoms with Crippen molar-refractivity contribution in [2.75, 3.05) is 38.1 Å². The van der Waals surface area contributed by atoms with Crippen molar-refractivity contribution in [2.45, 2.75) is 32.2 Å². The first-order valence-electron chi connectivity index (χ1n) is 10.4. The second-order valence-corrected chi connectivity index (χ2v) is 8.55. The zero-order valence-corrected chi connectivity index (χ0v) is 17.1. The lowest BCUT2D eigenvalue weighted by molar-refractivity contribution is -0.126. The summed E-state index contributed by atoms with van der Waals surface area (Å²) in [7, 11) is 2.11. The fraction of sp³-hybridized carbons (Fsp3) is 0.545. The second-order valence-electron chi connectivity index (χ2n) is 8.55. The summed E-state index contributed by atoms with van der Waals surface area (Å²) in [5, 5.41) is 12.7. The number of amides is 1. The Bertz CT molecular complexity index is 939. The largest absolute Gasteiger partial charge is 0.369 e. The van der Waals surface area contributed by atoms with E-state index >= 15 is 0 Å². The lowest BCUT2D eigenvalue weighted by Gasteiger charge is -2.38. The first-order valence-corrected chi connectivity index (χ1v) is 10.4. The van der Waals surface area contributed by atoms with Crippen molar-refractivity contribution in [2.24, 2.45) is 11.8 Å². The van der Waals surface area contributed by atoms with E-state index in [0.29, 0.717) is 23.5 Å². The number of carbonyl (C=O) groups excluding carboxylic acids is 1. The normalized spacial score (nSPS) is 25.6. The molecule has 1 N–H and O–H groups in total. The number of rotatable bonds is 3. The number of nitrogens with one attached hydrogen (secondary N) is 1. The number of anilines is 1. The van der Waals surface area contributed by atoms with Gasteiger partial charge in [-0.25, -0.2) is 0 Å². The summed E-state index contributed by atoms with van der Waals surface area (Å²) in [5.41, 5.74) is 2.83. The van der Waals surface area contributed by atoms with Gasteiger partial charge in [0, 0.05) is 38.1 Å². The van der Waals surface area contributed by atoms with Crippen LogP contribution >= 0.6 is 0 Å². The molecule has 2 aliphatic rings. The van der Waals surface area contributed by atoms with Gasteiger partial charge >= 0.3 is 0 Å². The summed E-state index contributed by atoms with van der Waals surface area (Å²) in [4.78, 5) is 26.4. The number of hydrogen-bond acceptors (Lipinski definition) is 6. The number of fused-ring (bicyclic) bond motifs is 1. The molecule has 3 atom stereocenters. The number of aromatic nitrogens is 2. The molecular formula is C22H28N6O. The Balaban J connectivity index is 1.54. The number of hydrogen-bond donors (Lipinski definition) is 1. The number of nitriles is 1. The van der Waals surface area contributed by atoms with Crippen LogP contribution in [-0.2, 0) is 4.79 Å². The molecule has 0 spiro atoms. The molecule has 0 saturated carbocycles. The topological polar surface area (TPSA) is 85.2 Å². The van der Waals surface area contributed by atoms with Crippen LogP contribution < -0.4 is 10.2 Å². The standard InChI is InChI=1S/C22H28N6O/c1-15-10-17(22(29)26-18-4-3-9-27(2)14-18)13-28(12-15)19-6-5-16(11-23)20-21(19)25-8-7-24-20/h5-8,15,17-18H,3-4,9-10,12-14H2,1-2H3,(H,26,29)/t15-,17+,18?/m1/s1. The van der Waals surface area contributed by atoms with Crippen LogP contribution in [0.5, 0.6) is 0 Å². The maximum absolute atomic E-state index is 13.0. The molecule has 1 aromatic carbocycles. The van der Waals surface area contributed by atoms with Crippen LogP contribution in [0.25, 0.3) is 11.0 Å². The highest BCUT2D eigenvalue weighted by Gasteiger charge is 2.32. The van der Waals surface area contributed by atoms with Gasteiger partial charge in [0.25, 0.3) is 0 Å². The fourth-order valence-corrected chi connectivity index (χ4v) is 4.73. The molecule has 29 heavy (non-hydrogen) atoms. The Labute approximate surface area is 171 Å². The predicted molar refractivity (Wildman–Crippen MR) is 112 cm³/mol. The van der Waals surface area contributed by atoms with Gasteiger partial charge in [-0.2, -0.15) is 5.26 Å². The summed E-state index contributed by atoms with van der Waals surface area (Å²) in [5.74, 6) is 0.509. The van der Waals surface area contributed by atoms with Crippen molar-refractivity contribution in [1.29, 1.82) is 5.26 Å². The van der Waals surface area contributed by atoms with Gasteiger partial charge in [-0.15, -0.1) is 0 Å². The fourth-order valence-electron chi connectivity index (χ4n) is 4.73. The van der Waals surface area contributed by atoms with Crippen LogP contribution in [0.3, 0.4) is 0 Å². The highest BCUT2D eigenvalue weighted by molar-refractivity contribution is 5.92. The number of benzene rings is 1. The van der Waals surface area contributed by atoms with Gasteiger partial charge in [0.15, 0.2) is 0 Å². The number of likely N-dealkylation sites (N-methyl/N-ethyl adjacent to an activating group) is 1. The minimum Gasteiger partial charge on any atom is -0.369 e. The van der Waals surface area contributed by atoms with Crippen molar-refractivity contribution in [1.82, 2.24) is 20.2 Å². The smallest absolute Gasteiger partial charge is 0.225 e. The SMILES string of the molecule is C[C@@H]1C[C@H](C(=O)NC2CCCN(C)C2)CN(c2ccc(C#N)c3nccnc23)C1. The molecule has 7 nitrogen and oxygen atoms in total. The third-order valence-electron chi connectivity index (χ3n) is 6.07. The molecule has 2 aliphatic heterocycles. The van der Waals surface area contributed by atoms with Crippen molar-refractivity contribution in [3.05, 3.63) is 30.1 Å². The quantitative estimate of drug-likeness (QED) is 0.862. The van der Waals surface area contributed by atoms with Crippen molar-refractivity contribution in [3.8, 4) is 6.07 Å². The van der Waals surface area contributed by atoms with E-state index in [0.717, 1.165) is 50.1 Å². The molecule has 0 bridgehead atoms. The van der Waals surface area contributed by atoms with Gasteiger partial charge in [0.05, 0.1) is 17.2 Å². The van der Waals surface area contributed by atoms with Gasteiger partial charge in [-0.1, -0.05) is 6.92 Å². The van der Waals surface area contributed by atoms with E-state index in [-0.39, 0.29) is 17.9 Å². The lowest BCUT2D eigenvalue weighted by Crippen LogP contribution is -2.51. The van der Waals surface area contributed by atoms with Crippen LogP contribution in [0.4, 0.5) is 5.69 Å². The van der Waals surface area contributed by atoms with Crippen LogP contribution in [0.2, 0.25) is 0 Å². The van der Waals surface area contributed by atoms with E-state index in [4.69, 9.17) is 0 Å². The van der Waals surface area contributed by atoms with E-state index in [1.807, 2.05) is 6.07 Å². The molecule has 2 aromatic rings. The van der Waals surface area contributed by atoms with Gasteiger partial charge in [-0.05, 0) is 50.9 Å². The second kappa shape index (κ2) is 8.34. The molecule has 0 aliphatic carbocycles. The van der Waals surface area contributed by atoms with Gasteiger partial charge in [-0.3, -0.25) is 14.8 Å². The molecular weight excluding hydrogens is 364 g/mol. The Morgan fingerprint density at radius 2 is 2.00 bits per heavy atom. The van der Waals surface area contributed by atoms with Gasteiger partial charge < -0.3 is 15.1 Å². The zero-order chi connectivity index (χ0) is 20.4. The Morgan fingerprint density at radius 1 is 1.21 bits per heavy atom. The third-order valence-corrected chi connectivity index (χ3v) is 6.07. The zero-order valence-electron chi connectivity index (χ0n) is 17.1. The average molecular weight is 393 g/mol. The first kappa shape index (κ1) is 19.6. The molecule has 1 unspecified atom stereocenters. The first-order chi connectivity index (χ1) is 14.0. The Morgan fingerprint density at radius 3 is 2.76 bits per heavy atom. The Hall–Kier alpha value is -2.72. The van der Waals surface area contributed by atoms with Gasteiger partial charge in [0.2, 0.25) is 5.91 Å². The summed E-state index contributed by atoms with van der Waals surface area (Å²) in [6.07, 6.45) is 6.35. The maximum atomic E-state index is 13.0. The number of nitrogens with zero attached hydrogens (tertiary/aromatic N) is 5. The summed E-state index contributed by atoms with van der Waals surface area (Å²) in [6, 6.07) is 6.19. The molecule has 2 fully saturated rings. The summed E-state index contributed by atoms with van der Waals surface area (Å²) >= 11 is 0. The van der Waals surface area contributed by atoms with Gasteiger partial charge in [0.1, 0.15) is 17.1 Å². The van der Waals surface area contributed by atoms with Crippen LogP contribution in [0.15, 0.2) is 24.5 Å². The number of likely N-dealkylation sites (tertiary alicyclic amines) is 1. The lowest BCUT2D eigenvalue weighted by atomic mass is 9.88. The van der Waals surface area contributed by atoms with E-state index in [9.17, 15) is 10.1 Å². The Kier molecular flexibility index (Phi) is 5.63. The molecule has 152 valence electrons. The van der Waals surface area contributed by atoms with Crippen LogP contribution in [0.1, 0.15) is 31.7 Å². The third kappa shape index (κ3) is 4.18. The van der Waals surface area contributed by atoms with Crippen LogP contribution in [0, 0.1) is 23.2 Å². The van der Waals surface area contributed by atoms with Crippen LogP contribution in [-0.4, -0.2) is 60.0 Å². The number of carbonyl (C=O) groups is 1. The molecule has 0 radical (unpaired) electrons. The highest BCUT2D eigenvalue weighted by atomic mass is 16.2. The van der Waals surface area contributed by atoms with Crippen molar-refractivity contribution < 1.29 is 4.79 Å². The molecule has 1 amide bonds.